The zero-order valence-corrected chi connectivity index (χ0v) is 12.5. The quantitative estimate of drug-likeness (QED) is 0.695. The molecule has 20 heavy (non-hydrogen) atoms. The predicted molar refractivity (Wildman–Crippen MR) is 79.3 cm³/mol. The number of nitrogens with zero attached hydrogens (tertiary/aromatic N) is 1. The number of nitrogens with one attached hydrogen (secondary N) is 1. The maximum Gasteiger partial charge on any atom is 0.253 e. The lowest BCUT2D eigenvalue weighted by Gasteiger charge is -2.17. The van der Waals surface area contributed by atoms with Crippen LogP contribution in [0.1, 0.15) is 16.8 Å². The van der Waals surface area contributed by atoms with E-state index in [0.29, 0.717) is 31.1 Å². The molecule has 1 rings (SSSR count). The number of likely N-dealkylation sites (N-methyl/N-ethyl adjacent to an activating group) is 2. The normalized spacial score (nSPS) is 10.3. The Kier molecular flexibility index (Phi) is 7.69. The number of hydrogen-bond donors (Lipinski definition) is 1. The number of rotatable bonds is 9. The van der Waals surface area contributed by atoms with Gasteiger partial charge in [0.05, 0.1) is 6.61 Å². The third kappa shape index (κ3) is 5.59. The molecule has 0 saturated carbocycles. The molecule has 0 radical (unpaired) electrons. The van der Waals surface area contributed by atoms with Crippen LogP contribution < -0.4 is 10.1 Å². The van der Waals surface area contributed by atoms with Crippen LogP contribution in [-0.2, 0) is 4.74 Å². The van der Waals surface area contributed by atoms with Crippen molar-refractivity contribution in [3.05, 3.63) is 29.8 Å². The van der Waals surface area contributed by atoms with E-state index >= 15 is 0 Å². The summed E-state index contributed by atoms with van der Waals surface area (Å²) >= 11 is 0. The van der Waals surface area contributed by atoms with Crippen LogP contribution in [-0.4, -0.2) is 58.3 Å². The van der Waals surface area contributed by atoms with Crippen molar-refractivity contribution in [2.75, 3.05) is 47.5 Å². The van der Waals surface area contributed by atoms with Gasteiger partial charge in [0.15, 0.2) is 0 Å². The highest BCUT2D eigenvalue weighted by atomic mass is 16.5. The molecule has 0 aliphatic rings. The van der Waals surface area contributed by atoms with E-state index < -0.39 is 0 Å². The van der Waals surface area contributed by atoms with E-state index in [0.717, 1.165) is 13.0 Å². The largest absolute Gasteiger partial charge is 0.493 e. The van der Waals surface area contributed by atoms with Crippen molar-refractivity contribution < 1.29 is 14.3 Å². The molecule has 0 aliphatic heterocycles. The third-order valence-corrected chi connectivity index (χ3v) is 2.89. The number of carbonyl (C=O) groups is 1. The molecular weight excluding hydrogens is 256 g/mol. The first-order chi connectivity index (χ1) is 9.69. The van der Waals surface area contributed by atoms with Gasteiger partial charge in [0.1, 0.15) is 5.75 Å². The second-order valence-corrected chi connectivity index (χ2v) is 4.55. The molecule has 1 aromatic rings. The van der Waals surface area contributed by atoms with E-state index in [2.05, 4.69) is 5.32 Å². The lowest BCUT2D eigenvalue weighted by atomic mass is 10.2. The van der Waals surface area contributed by atoms with Crippen LogP contribution in [0, 0.1) is 0 Å². The number of ether oxygens (including phenoxy) is 2. The van der Waals surface area contributed by atoms with Gasteiger partial charge < -0.3 is 19.7 Å². The van der Waals surface area contributed by atoms with Crippen LogP contribution in [0.5, 0.6) is 5.75 Å². The van der Waals surface area contributed by atoms with Crippen LogP contribution in [0.4, 0.5) is 0 Å². The molecule has 0 bridgehead atoms. The van der Waals surface area contributed by atoms with Gasteiger partial charge in [-0.2, -0.15) is 0 Å². The zero-order chi connectivity index (χ0) is 14.8. The highest BCUT2D eigenvalue weighted by Gasteiger charge is 2.11. The Morgan fingerprint density at radius 2 is 2.15 bits per heavy atom. The van der Waals surface area contributed by atoms with Crippen molar-refractivity contribution >= 4 is 5.91 Å². The first kappa shape index (κ1) is 16.5. The second-order valence-electron chi connectivity index (χ2n) is 4.55. The molecule has 5 nitrogen and oxygen atoms in total. The molecule has 0 aliphatic carbocycles. The van der Waals surface area contributed by atoms with Crippen molar-refractivity contribution in [3.63, 3.8) is 0 Å². The molecule has 0 saturated heterocycles. The first-order valence-electron chi connectivity index (χ1n) is 6.81. The molecule has 1 N–H and O–H groups in total. The van der Waals surface area contributed by atoms with Crippen molar-refractivity contribution in [2.45, 2.75) is 6.42 Å². The van der Waals surface area contributed by atoms with Gasteiger partial charge in [-0.15, -0.1) is 0 Å². The Hall–Kier alpha value is -1.59. The van der Waals surface area contributed by atoms with E-state index in [9.17, 15) is 4.79 Å². The molecule has 0 unspecified atom stereocenters. The lowest BCUT2D eigenvalue weighted by Crippen LogP contribution is -2.32. The fourth-order valence-electron chi connectivity index (χ4n) is 1.71. The van der Waals surface area contributed by atoms with Crippen molar-refractivity contribution in [1.29, 1.82) is 0 Å². The van der Waals surface area contributed by atoms with E-state index in [1.54, 1.807) is 31.2 Å². The summed E-state index contributed by atoms with van der Waals surface area (Å²) in [6, 6.07) is 7.28. The summed E-state index contributed by atoms with van der Waals surface area (Å²) in [6.45, 7) is 2.70. The average molecular weight is 280 g/mol. The molecule has 0 fully saturated rings. The summed E-state index contributed by atoms with van der Waals surface area (Å²) in [7, 11) is 5.33. The van der Waals surface area contributed by atoms with Gasteiger partial charge in [-0.05, 0) is 25.2 Å². The summed E-state index contributed by atoms with van der Waals surface area (Å²) in [4.78, 5) is 13.9. The summed E-state index contributed by atoms with van der Waals surface area (Å²) in [5, 5.41) is 3.03. The number of methoxy groups -OCH3 is 1. The standard InChI is InChI=1S/C15H24N2O3/c1-16-8-9-17(2)15(18)13-6-4-7-14(12-13)20-11-5-10-19-3/h4,6-7,12,16H,5,8-11H2,1-3H3. The topological polar surface area (TPSA) is 50.8 Å². The molecule has 1 aromatic carbocycles. The maximum absolute atomic E-state index is 12.2. The molecule has 0 spiro atoms. The van der Waals surface area contributed by atoms with Crippen molar-refractivity contribution in [1.82, 2.24) is 10.2 Å². The fraction of sp³-hybridized carbons (Fsp3) is 0.533. The van der Waals surface area contributed by atoms with Crippen molar-refractivity contribution in [3.8, 4) is 5.75 Å². The van der Waals surface area contributed by atoms with Gasteiger partial charge in [-0.3, -0.25) is 4.79 Å². The highest BCUT2D eigenvalue weighted by molar-refractivity contribution is 5.94. The fourth-order valence-corrected chi connectivity index (χ4v) is 1.71. The SMILES string of the molecule is CNCCN(C)C(=O)c1cccc(OCCCOC)c1. The van der Waals surface area contributed by atoms with E-state index in [-0.39, 0.29) is 5.91 Å². The third-order valence-electron chi connectivity index (χ3n) is 2.89. The second kappa shape index (κ2) is 9.34. The first-order valence-corrected chi connectivity index (χ1v) is 6.81. The molecule has 1 amide bonds. The maximum atomic E-state index is 12.2. The van der Waals surface area contributed by atoms with Gasteiger partial charge in [-0.1, -0.05) is 6.07 Å². The number of amides is 1. The van der Waals surface area contributed by atoms with Crippen LogP contribution in [0.2, 0.25) is 0 Å². The zero-order valence-electron chi connectivity index (χ0n) is 12.5. The minimum Gasteiger partial charge on any atom is -0.493 e. The Morgan fingerprint density at radius 3 is 2.85 bits per heavy atom. The molecular formula is C15H24N2O3. The average Bonchev–Trinajstić information content (AvgIpc) is 2.48. The van der Waals surface area contributed by atoms with E-state index in [4.69, 9.17) is 9.47 Å². The lowest BCUT2D eigenvalue weighted by molar-refractivity contribution is 0.0796. The minimum absolute atomic E-state index is 0.00240. The molecule has 0 atom stereocenters. The monoisotopic (exact) mass is 280 g/mol. The number of benzene rings is 1. The van der Waals surface area contributed by atoms with Crippen LogP contribution in [0.15, 0.2) is 24.3 Å². The van der Waals surface area contributed by atoms with E-state index in [1.807, 2.05) is 19.2 Å². The number of hydrogen-bond acceptors (Lipinski definition) is 4. The summed E-state index contributed by atoms with van der Waals surface area (Å²) < 4.78 is 10.6. The van der Waals surface area contributed by atoms with Gasteiger partial charge in [-0.25, -0.2) is 0 Å². The van der Waals surface area contributed by atoms with Gasteiger partial charge in [0.25, 0.3) is 5.91 Å². The summed E-state index contributed by atoms with van der Waals surface area (Å²) in [6.07, 6.45) is 0.830. The van der Waals surface area contributed by atoms with Gasteiger partial charge in [0.2, 0.25) is 0 Å². The smallest absolute Gasteiger partial charge is 0.253 e. The van der Waals surface area contributed by atoms with Crippen molar-refractivity contribution in [2.24, 2.45) is 0 Å². The Morgan fingerprint density at radius 1 is 1.35 bits per heavy atom. The van der Waals surface area contributed by atoms with Crippen LogP contribution >= 0.6 is 0 Å². The highest BCUT2D eigenvalue weighted by Crippen LogP contribution is 2.15. The van der Waals surface area contributed by atoms with Crippen LogP contribution in [0.25, 0.3) is 0 Å². The molecule has 0 aromatic heterocycles. The van der Waals surface area contributed by atoms with Gasteiger partial charge in [0, 0.05) is 45.8 Å². The van der Waals surface area contributed by atoms with Gasteiger partial charge >= 0.3 is 0 Å². The van der Waals surface area contributed by atoms with Crippen LogP contribution in [0.3, 0.4) is 0 Å². The summed E-state index contributed by atoms with van der Waals surface area (Å²) in [5.74, 6) is 0.719. The predicted octanol–water partition coefficient (Wildman–Crippen LogP) is 1.39. The Bertz CT molecular complexity index is 410. The molecule has 112 valence electrons. The number of carbonyl (C=O) groups excluding carboxylic acids is 1. The molecule has 5 heteroatoms. The Balaban J connectivity index is 2.55. The summed E-state index contributed by atoms with van der Waals surface area (Å²) in [5.41, 5.74) is 0.646. The minimum atomic E-state index is 0.00240. The van der Waals surface area contributed by atoms with E-state index in [1.165, 1.54) is 0 Å². The Labute approximate surface area is 120 Å². The molecule has 0 heterocycles.